The van der Waals surface area contributed by atoms with E-state index in [9.17, 15) is 0 Å². The molecule has 2 rings (SSSR count). The molecule has 0 aliphatic carbocycles. The lowest BCUT2D eigenvalue weighted by Crippen LogP contribution is -2.29. The third kappa shape index (κ3) is 3.47. The molecule has 1 heterocycles. The second kappa shape index (κ2) is 6.55. The molecule has 1 aromatic carbocycles. The topological polar surface area (TPSA) is 29.3 Å². The Hall–Kier alpha value is -0.570. The first kappa shape index (κ1) is 13.9. The molecule has 2 nitrogen and oxygen atoms in total. The third-order valence-corrected chi connectivity index (χ3v) is 4.19. The van der Waals surface area contributed by atoms with Crippen molar-refractivity contribution in [2.45, 2.75) is 38.6 Å². The van der Waals surface area contributed by atoms with Gasteiger partial charge in [-0.15, -0.1) is 0 Å². The summed E-state index contributed by atoms with van der Waals surface area (Å²) in [6, 6.07) is 6.42. The van der Waals surface area contributed by atoms with Crippen LogP contribution in [0.4, 0.5) is 0 Å². The zero-order chi connectivity index (χ0) is 13.0. The van der Waals surface area contributed by atoms with Crippen molar-refractivity contribution in [3.05, 3.63) is 34.3 Å². The maximum Gasteiger partial charge on any atom is 0.0453 e. The molecule has 0 amide bonds. The van der Waals surface area contributed by atoms with Crippen LogP contribution in [0.15, 0.2) is 18.2 Å². The maximum absolute atomic E-state index is 6.38. The Bertz CT molecular complexity index is 386. The summed E-state index contributed by atoms with van der Waals surface area (Å²) in [6.45, 7) is 6.20. The number of rotatable bonds is 4. The van der Waals surface area contributed by atoms with Crippen LogP contribution < -0.4 is 5.73 Å². The average Bonchev–Trinajstić information content (AvgIpc) is 2.41. The van der Waals surface area contributed by atoms with Crippen LogP contribution in [-0.4, -0.2) is 24.5 Å². The number of nitrogens with two attached hydrogens (primary N) is 1. The van der Waals surface area contributed by atoms with Gasteiger partial charge in [0.2, 0.25) is 0 Å². The predicted molar refractivity (Wildman–Crippen MR) is 78.0 cm³/mol. The summed E-state index contributed by atoms with van der Waals surface area (Å²) in [6.07, 6.45) is 4.01. The molecule has 0 aromatic heterocycles. The highest BCUT2D eigenvalue weighted by molar-refractivity contribution is 6.31. The van der Waals surface area contributed by atoms with Crippen LogP contribution in [0.2, 0.25) is 5.02 Å². The van der Waals surface area contributed by atoms with Crippen molar-refractivity contribution in [2.75, 3.05) is 19.6 Å². The molecule has 1 fully saturated rings. The number of likely N-dealkylation sites (tertiary alicyclic amines) is 1. The standard InChI is InChI=1S/C15H23ClN2/c1-12(10-17)13-5-6-14(15(16)9-13)11-18-7-3-2-4-8-18/h5-6,9,12H,2-4,7-8,10-11,17H2,1H3. The van der Waals surface area contributed by atoms with Crippen molar-refractivity contribution in [1.82, 2.24) is 4.90 Å². The first-order valence-electron chi connectivity index (χ1n) is 6.91. The van der Waals surface area contributed by atoms with Crippen LogP contribution in [0.5, 0.6) is 0 Å². The van der Waals surface area contributed by atoms with Gasteiger partial charge < -0.3 is 5.73 Å². The van der Waals surface area contributed by atoms with Gasteiger partial charge in [-0.3, -0.25) is 4.90 Å². The quantitative estimate of drug-likeness (QED) is 0.905. The number of hydrogen-bond donors (Lipinski definition) is 1. The smallest absolute Gasteiger partial charge is 0.0453 e. The van der Waals surface area contributed by atoms with Crippen LogP contribution in [-0.2, 0) is 6.54 Å². The van der Waals surface area contributed by atoms with Gasteiger partial charge >= 0.3 is 0 Å². The summed E-state index contributed by atoms with van der Waals surface area (Å²) < 4.78 is 0. The van der Waals surface area contributed by atoms with Gasteiger partial charge in [0.05, 0.1) is 0 Å². The molecule has 0 bridgehead atoms. The van der Waals surface area contributed by atoms with Gasteiger partial charge in [0.15, 0.2) is 0 Å². The van der Waals surface area contributed by atoms with E-state index in [-0.39, 0.29) is 0 Å². The van der Waals surface area contributed by atoms with E-state index < -0.39 is 0 Å². The first-order valence-corrected chi connectivity index (χ1v) is 7.29. The number of hydrogen-bond acceptors (Lipinski definition) is 2. The Kier molecular flexibility index (Phi) is 5.04. The summed E-state index contributed by atoms with van der Waals surface area (Å²) in [5.74, 6) is 0.381. The summed E-state index contributed by atoms with van der Waals surface area (Å²) in [5.41, 5.74) is 8.17. The molecule has 1 aliphatic rings. The summed E-state index contributed by atoms with van der Waals surface area (Å²) in [5, 5.41) is 0.887. The van der Waals surface area contributed by atoms with Gasteiger partial charge in [0.25, 0.3) is 0 Å². The fraction of sp³-hybridized carbons (Fsp3) is 0.600. The van der Waals surface area contributed by atoms with E-state index >= 15 is 0 Å². The minimum atomic E-state index is 0.381. The Morgan fingerprint density at radius 1 is 1.28 bits per heavy atom. The second-order valence-electron chi connectivity index (χ2n) is 5.32. The van der Waals surface area contributed by atoms with E-state index in [0.29, 0.717) is 12.5 Å². The van der Waals surface area contributed by atoms with E-state index in [1.54, 1.807) is 0 Å². The fourth-order valence-corrected chi connectivity index (χ4v) is 2.74. The Labute approximate surface area is 115 Å². The number of nitrogens with zero attached hydrogens (tertiary/aromatic N) is 1. The molecule has 2 N–H and O–H groups in total. The highest BCUT2D eigenvalue weighted by Gasteiger charge is 2.13. The predicted octanol–water partition coefficient (Wildman–Crippen LogP) is 3.39. The highest BCUT2D eigenvalue weighted by Crippen LogP contribution is 2.24. The van der Waals surface area contributed by atoms with Crippen molar-refractivity contribution in [1.29, 1.82) is 0 Å². The second-order valence-corrected chi connectivity index (χ2v) is 5.73. The molecule has 0 radical (unpaired) electrons. The lowest BCUT2D eigenvalue weighted by atomic mass is 9.99. The average molecular weight is 267 g/mol. The Balaban J connectivity index is 2.04. The zero-order valence-electron chi connectivity index (χ0n) is 11.2. The van der Waals surface area contributed by atoms with Crippen molar-refractivity contribution in [3.63, 3.8) is 0 Å². The highest BCUT2D eigenvalue weighted by atomic mass is 35.5. The van der Waals surface area contributed by atoms with Gasteiger partial charge in [-0.05, 0) is 55.6 Å². The molecular formula is C15H23ClN2. The van der Waals surface area contributed by atoms with E-state index in [4.69, 9.17) is 17.3 Å². The van der Waals surface area contributed by atoms with Crippen LogP contribution in [0.3, 0.4) is 0 Å². The molecular weight excluding hydrogens is 244 g/mol. The van der Waals surface area contributed by atoms with Gasteiger partial charge in [-0.2, -0.15) is 0 Å². The first-order chi connectivity index (χ1) is 8.70. The SMILES string of the molecule is CC(CN)c1ccc(CN2CCCCC2)c(Cl)c1. The normalized spacial score (nSPS) is 18.8. The molecule has 0 saturated carbocycles. The summed E-state index contributed by atoms with van der Waals surface area (Å²) in [4.78, 5) is 2.50. The minimum absolute atomic E-state index is 0.381. The summed E-state index contributed by atoms with van der Waals surface area (Å²) >= 11 is 6.38. The van der Waals surface area contributed by atoms with Gasteiger partial charge in [0, 0.05) is 11.6 Å². The van der Waals surface area contributed by atoms with Crippen LogP contribution in [0.25, 0.3) is 0 Å². The number of halogens is 1. The van der Waals surface area contributed by atoms with Crippen LogP contribution >= 0.6 is 11.6 Å². The van der Waals surface area contributed by atoms with Crippen LogP contribution in [0.1, 0.15) is 43.2 Å². The lowest BCUT2D eigenvalue weighted by Gasteiger charge is -2.27. The van der Waals surface area contributed by atoms with Gasteiger partial charge in [-0.1, -0.05) is 37.1 Å². The van der Waals surface area contributed by atoms with E-state index in [0.717, 1.165) is 11.6 Å². The molecule has 1 saturated heterocycles. The van der Waals surface area contributed by atoms with Gasteiger partial charge in [-0.25, -0.2) is 0 Å². The molecule has 0 spiro atoms. The monoisotopic (exact) mass is 266 g/mol. The minimum Gasteiger partial charge on any atom is -0.330 e. The van der Waals surface area contributed by atoms with Crippen molar-refractivity contribution in [2.24, 2.45) is 5.73 Å². The number of piperidine rings is 1. The van der Waals surface area contributed by atoms with E-state index in [1.165, 1.54) is 43.5 Å². The molecule has 1 atom stereocenters. The zero-order valence-corrected chi connectivity index (χ0v) is 11.9. The maximum atomic E-state index is 6.38. The Morgan fingerprint density at radius 2 is 2.00 bits per heavy atom. The molecule has 3 heteroatoms. The van der Waals surface area contributed by atoms with Crippen molar-refractivity contribution in [3.8, 4) is 0 Å². The Morgan fingerprint density at radius 3 is 2.61 bits per heavy atom. The van der Waals surface area contributed by atoms with Crippen molar-refractivity contribution < 1.29 is 0 Å². The molecule has 1 unspecified atom stereocenters. The fourth-order valence-electron chi connectivity index (χ4n) is 2.49. The third-order valence-electron chi connectivity index (χ3n) is 3.84. The van der Waals surface area contributed by atoms with Crippen LogP contribution in [0, 0.1) is 0 Å². The number of benzene rings is 1. The van der Waals surface area contributed by atoms with Gasteiger partial charge in [0.1, 0.15) is 0 Å². The van der Waals surface area contributed by atoms with Crippen molar-refractivity contribution >= 4 is 11.6 Å². The molecule has 18 heavy (non-hydrogen) atoms. The summed E-state index contributed by atoms with van der Waals surface area (Å²) in [7, 11) is 0. The molecule has 1 aromatic rings. The van der Waals surface area contributed by atoms with E-state index in [2.05, 4.69) is 30.0 Å². The lowest BCUT2D eigenvalue weighted by molar-refractivity contribution is 0.221. The van der Waals surface area contributed by atoms with E-state index in [1.807, 2.05) is 0 Å². The largest absolute Gasteiger partial charge is 0.330 e. The molecule has 1 aliphatic heterocycles. The molecule has 100 valence electrons.